The van der Waals surface area contributed by atoms with Gasteiger partial charge in [-0.25, -0.2) is 6.42 Å². The van der Waals surface area contributed by atoms with Crippen molar-refractivity contribution in [1.82, 2.24) is 4.90 Å². The number of nitrogens with zero attached hydrogens (tertiary/aromatic N) is 1. The van der Waals surface area contributed by atoms with Gasteiger partial charge in [0.2, 0.25) is 0 Å². The molecule has 0 bridgehead atoms. The maximum atomic E-state index is 4.00. The van der Waals surface area contributed by atoms with Crippen LogP contribution in [0.15, 0.2) is 0 Å². The zero-order valence-corrected chi connectivity index (χ0v) is 10.7. The molecule has 1 nitrogen and oxygen atoms in total. The molecule has 1 aliphatic carbocycles. The first kappa shape index (κ1) is 11.1. The third-order valence-electron chi connectivity index (χ3n) is 3.36. The van der Waals surface area contributed by atoms with Gasteiger partial charge >= 0.3 is 0 Å². The van der Waals surface area contributed by atoms with E-state index < -0.39 is 0 Å². The Hall–Kier alpha value is 1.06. The second-order valence-corrected chi connectivity index (χ2v) is 3.94. The third kappa shape index (κ3) is 1.78. The summed E-state index contributed by atoms with van der Waals surface area (Å²) in [4.78, 5) is 2.52. The number of hydrogen-bond acceptors (Lipinski definition) is 1. The van der Waals surface area contributed by atoms with Crippen LogP contribution in [0.3, 0.4) is 0 Å². The van der Waals surface area contributed by atoms with Gasteiger partial charge in [0.25, 0.3) is 0 Å². The van der Waals surface area contributed by atoms with Crippen molar-refractivity contribution in [3.8, 4) is 0 Å². The van der Waals surface area contributed by atoms with E-state index in [0.29, 0.717) is 0 Å². The largest absolute Gasteiger partial charge is 0.345 e. The van der Waals surface area contributed by atoms with E-state index in [1.807, 2.05) is 0 Å². The quantitative estimate of drug-likeness (QED) is 0.631. The minimum Gasteiger partial charge on any atom is -0.345 e. The molecule has 2 fully saturated rings. The smallest absolute Gasteiger partial charge is 0 e. The van der Waals surface area contributed by atoms with Gasteiger partial charge in [-0.1, -0.05) is 5.92 Å². The molecule has 0 amide bonds. The van der Waals surface area contributed by atoms with Crippen molar-refractivity contribution in [2.75, 3.05) is 13.6 Å². The zero-order valence-electron chi connectivity index (χ0n) is 7.87. The Morgan fingerprint density at radius 3 is 3.00 bits per heavy atom. The van der Waals surface area contributed by atoms with E-state index in [9.17, 15) is 0 Å². The monoisotopic (exact) mass is 240 g/mol. The van der Waals surface area contributed by atoms with E-state index in [2.05, 4.69) is 25.3 Å². The molecule has 1 radical (unpaired) electrons. The summed E-state index contributed by atoms with van der Waals surface area (Å²) in [6.45, 7) is 5.31. The molecule has 1 heterocycles. The van der Waals surface area contributed by atoms with E-state index in [-0.39, 0.29) is 32.7 Å². The molecule has 0 aromatic carbocycles. The summed E-state index contributed by atoms with van der Waals surface area (Å²) < 4.78 is 0. The molecular formula is C10H17NY-2. The average Bonchev–Trinajstić information content (AvgIpc) is 2.54. The van der Waals surface area contributed by atoms with E-state index in [0.717, 1.165) is 24.3 Å². The Kier molecular flexibility index (Phi) is 4.20. The fraction of sp³-hybridized carbons (Fsp3) is 0.800. The summed E-state index contributed by atoms with van der Waals surface area (Å²) in [7, 11) is 2.26. The van der Waals surface area contributed by atoms with E-state index >= 15 is 0 Å². The van der Waals surface area contributed by atoms with Gasteiger partial charge in [0.1, 0.15) is 0 Å². The van der Waals surface area contributed by atoms with Gasteiger partial charge in [0, 0.05) is 32.7 Å². The first-order chi connectivity index (χ1) is 5.33. The van der Waals surface area contributed by atoms with Crippen molar-refractivity contribution < 1.29 is 32.7 Å². The minimum atomic E-state index is 0. The normalized spacial score (nSPS) is 41.0. The number of fused-ring (bicyclic) bond motifs is 1. The molecule has 12 heavy (non-hydrogen) atoms. The molecule has 0 N–H and O–H groups in total. The van der Waals surface area contributed by atoms with Gasteiger partial charge < -0.3 is 18.2 Å². The molecule has 2 rings (SSSR count). The molecule has 1 aliphatic heterocycles. The first-order valence-corrected chi connectivity index (χ1v) is 4.65. The molecule has 0 aromatic heterocycles. The van der Waals surface area contributed by atoms with Gasteiger partial charge in [-0.05, 0) is 26.1 Å². The Labute approximate surface area is 101 Å². The van der Waals surface area contributed by atoms with Crippen LogP contribution in [-0.2, 0) is 32.7 Å². The second-order valence-electron chi connectivity index (χ2n) is 3.94. The molecule has 2 aliphatic rings. The maximum absolute atomic E-state index is 4.00. The topological polar surface area (TPSA) is 3.24 Å². The Morgan fingerprint density at radius 1 is 1.58 bits per heavy atom. The molecule has 0 aromatic rings. The van der Waals surface area contributed by atoms with Crippen molar-refractivity contribution in [3.05, 3.63) is 13.3 Å². The predicted molar refractivity (Wildman–Crippen MR) is 46.9 cm³/mol. The summed E-state index contributed by atoms with van der Waals surface area (Å²) in [5, 5.41) is 0. The minimum absolute atomic E-state index is 0. The van der Waals surface area contributed by atoms with Crippen LogP contribution < -0.4 is 0 Å². The third-order valence-corrected chi connectivity index (χ3v) is 3.36. The van der Waals surface area contributed by atoms with E-state index in [4.69, 9.17) is 0 Å². The predicted octanol–water partition coefficient (Wildman–Crippen LogP) is 1.75. The van der Waals surface area contributed by atoms with Crippen LogP contribution in [0.5, 0.6) is 0 Å². The fourth-order valence-corrected chi connectivity index (χ4v) is 2.76. The summed E-state index contributed by atoms with van der Waals surface area (Å²) >= 11 is 0. The van der Waals surface area contributed by atoms with Crippen molar-refractivity contribution in [2.45, 2.75) is 25.3 Å². The van der Waals surface area contributed by atoms with Crippen molar-refractivity contribution in [3.63, 3.8) is 0 Å². The van der Waals surface area contributed by atoms with Crippen LogP contribution in [-0.4, -0.2) is 24.5 Å². The molecule has 67 valence electrons. The maximum Gasteiger partial charge on any atom is 0 e. The number of rotatable bonds is 1. The fourth-order valence-electron chi connectivity index (χ4n) is 2.76. The Morgan fingerprint density at radius 2 is 2.33 bits per heavy atom. The van der Waals surface area contributed by atoms with Gasteiger partial charge in [-0.2, -0.15) is 12.3 Å². The molecule has 2 heteroatoms. The molecule has 3 atom stereocenters. The summed E-state index contributed by atoms with van der Waals surface area (Å²) in [5.41, 5.74) is 0. The number of likely N-dealkylation sites (tertiary alicyclic amines) is 1. The van der Waals surface area contributed by atoms with Crippen molar-refractivity contribution in [2.24, 2.45) is 11.8 Å². The van der Waals surface area contributed by atoms with Crippen LogP contribution in [0.1, 0.15) is 19.3 Å². The van der Waals surface area contributed by atoms with Crippen LogP contribution in [0.2, 0.25) is 0 Å². The van der Waals surface area contributed by atoms with E-state index in [1.165, 1.54) is 19.4 Å². The average molecular weight is 240 g/mol. The van der Waals surface area contributed by atoms with Gasteiger partial charge in [-0.15, -0.1) is 0 Å². The van der Waals surface area contributed by atoms with Crippen LogP contribution in [0.25, 0.3) is 0 Å². The molecule has 1 saturated heterocycles. The molecule has 0 spiro atoms. The number of hydrogen-bond donors (Lipinski definition) is 0. The first-order valence-electron chi connectivity index (χ1n) is 4.65. The van der Waals surface area contributed by atoms with Crippen LogP contribution >= 0.6 is 0 Å². The molecular weight excluding hydrogens is 223 g/mol. The SMILES string of the molecule is [CH2-]CC1[CH-]CC2CCN(C)C12.[Y]. The van der Waals surface area contributed by atoms with Crippen LogP contribution in [0.4, 0.5) is 0 Å². The standard InChI is InChI=1S/C10H17N.Y/c1-3-8-4-5-9-6-7-11(2)10(8)9;/h4,8-10H,1,3,5-7H2,2H3;/q-2;. The second kappa shape index (κ2) is 4.53. The van der Waals surface area contributed by atoms with Gasteiger partial charge in [0.05, 0.1) is 0 Å². The Bertz CT molecular complexity index is 149. The van der Waals surface area contributed by atoms with Crippen molar-refractivity contribution in [1.29, 1.82) is 0 Å². The van der Waals surface area contributed by atoms with Gasteiger partial charge in [0.15, 0.2) is 0 Å². The zero-order chi connectivity index (χ0) is 7.84. The summed E-state index contributed by atoms with van der Waals surface area (Å²) in [5.74, 6) is 1.75. The van der Waals surface area contributed by atoms with Gasteiger partial charge in [-0.3, -0.25) is 0 Å². The summed E-state index contributed by atoms with van der Waals surface area (Å²) in [6.07, 6.45) is 6.33. The van der Waals surface area contributed by atoms with E-state index in [1.54, 1.807) is 0 Å². The van der Waals surface area contributed by atoms with Crippen molar-refractivity contribution >= 4 is 0 Å². The molecule has 3 unspecified atom stereocenters. The molecule has 1 saturated carbocycles. The van der Waals surface area contributed by atoms with Crippen LogP contribution in [0, 0.1) is 25.2 Å². The summed E-state index contributed by atoms with van der Waals surface area (Å²) in [6, 6.07) is 0.840. The Balaban J connectivity index is 0.000000720.